The van der Waals surface area contributed by atoms with Crippen molar-refractivity contribution in [2.24, 2.45) is 5.73 Å². The molecule has 0 aliphatic rings. The molecule has 32 heavy (non-hydrogen) atoms. The molecule has 0 bridgehead atoms. The van der Waals surface area contributed by atoms with Crippen LogP contribution in [0.3, 0.4) is 0 Å². The van der Waals surface area contributed by atoms with Crippen LogP contribution >= 0.6 is 11.6 Å². The summed E-state index contributed by atoms with van der Waals surface area (Å²) >= 11 is 6.34. The molecule has 7 heteroatoms. The fourth-order valence-corrected chi connectivity index (χ4v) is 3.53. The third kappa shape index (κ3) is 4.82. The number of nitrogens with two attached hydrogens (primary N) is 1. The topological polar surface area (TPSA) is 98.0 Å². The molecule has 2 aromatic carbocycles. The Morgan fingerprint density at radius 3 is 2.44 bits per heavy atom. The number of nitrogens with one attached hydrogen (secondary N) is 1. The highest BCUT2D eigenvalue weighted by Gasteiger charge is 2.17. The molecule has 0 aliphatic carbocycles. The first-order chi connectivity index (χ1) is 15.5. The Labute approximate surface area is 190 Å². The van der Waals surface area contributed by atoms with Crippen LogP contribution in [0.25, 0.3) is 11.3 Å². The summed E-state index contributed by atoms with van der Waals surface area (Å²) in [4.78, 5) is 33.3. The molecular formula is C25H19ClN4O2. The van der Waals surface area contributed by atoms with E-state index in [1.54, 1.807) is 30.5 Å². The Kier molecular flexibility index (Phi) is 6.24. The van der Waals surface area contributed by atoms with Gasteiger partial charge in [-0.25, -0.2) is 4.98 Å². The van der Waals surface area contributed by atoms with E-state index in [-0.39, 0.29) is 11.3 Å². The molecule has 4 rings (SSSR count). The number of rotatable bonds is 6. The Morgan fingerprint density at radius 2 is 1.72 bits per heavy atom. The van der Waals surface area contributed by atoms with E-state index in [2.05, 4.69) is 15.3 Å². The highest BCUT2D eigenvalue weighted by Crippen LogP contribution is 2.29. The van der Waals surface area contributed by atoms with Crippen LogP contribution < -0.4 is 11.1 Å². The average Bonchev–Trinajstić information content (AvgIpc) is 2.81. The molecule has 2 aromatic heterocycles. The fraction of sp³-hybridized carbons (Fsp3) is 0.0400. The number of pyridine rings is 2. The number of carbonyl (C=O) groups is 2. The quantitative estimate of drug-likeness (QED) is 0.450. The van der Waals surface area contributed by atoms with E-state index in [4.69, 9.17) is 17.3 Å². The number of nitrogens with zero attached hydrogens (tertiary/aromatic N) is 2. The number of aromatic nitrogens is 2. The molecule has 0 aliphatic heterocycles. The van der Waals surface area contributed by atoms with Crippen molar-refractivity contribution in [3.8, 4) is 11.3 Å². The smallest absolute Gasteiger partial charge is 0.274 e. The van der Waals surface area contributed by atoms with Crippen molar-refractivity contribution in [1.82, 2.24) is 9.97 Å². The Hall–Kier alpha value is -4.03. The van der Waals surface area contributed by atoms with Crippen LogP contribution in [0, 0.1) is 0 Å². The standard InChI is InChI=1S/C25H19ClN4O2/c26-21-10-9-19(14-20(21)22-8-4-5-11-28-22)30-25(32)23-17(12-16-6-2-1-3-7-16)13-18(15-29-23)24(27)31/h1-11,13-15H,12H2,(H2,27,31)(H,30,32). The van der Waals surface area contributed by atoms with Gasteiger partial charge >= 0.3 is 0 Å². The minimum Gasteiger partial charge on any atom is -0.366 e. The lowest BCUT2D eigenvalue weighted by Gasteiger charge is -2.12. The van der Waals surface area contributed by atoms with Gasteiger partial charge in [0.2, 0.25) is 5.91 Å². The van der Waals surface area contributed by atoms with E-state index in [9.17, 15) is 9.59 Å². The number of hydrogen-bond donors (Lipinski definition) is 2. The summed E-state index contributed by atoms with van der Waals surface area (Å²) in [6, 6.07) is 21.9. The highest BCUT2D eigenvalue weighted by atomic mass is 35.5. The van der Waals surface area contributed by atoms with Gasteiger partial charge in [0.1, 0.15) is 5.69 Å². The molecule has 0 saturated heterocycles. The van der Waals surface area contributed by atoms with Gasteiger partial charge in [-0.05, 0) is 53.9 Å². The minimum atomic E-state index is -0.600. The van der Waals surface area contributed by atoms with Gasteiger partial charge in [-0.2, -0.15) is 0 Å². The van der Waals surface area contributed by atoms with Gasteiger partial charge in [0.25, 0.3) is 5.91 Å². The Bertz CT molecular complexity index is 1280. The fourth-order valence-electron chi connectivity index (χ4n) is 3.31. The number of amides is 2. The first kappa shape index (κ1) is 21.2. The third-order valence-corrected chi connectivity index (χ3v) is 5.20. The molecule has 0 saturated carbocycles. The molecule has 0 radical (unpaired) electrons. The largest absolute Gasteiger partial charge is 0.366 e. The molecule has 3 N–H and O–H groups in total. The second-order valence-electron chi connectivity index (χ2n) is 7.12. The molecule has 0 unspecified atom stereocenters. The first-order valence-electron chi connectivity index (χ1n) is 9.86. The lowest BCUT2D eigenvalue weighted by Crippen LogP contribution is -2.19. The molecule has 4 aromatic rings. The van der Waals surface area contributed by atoms with Crippen LogP contribution in [0.2, 0.25) is 5.02 Å². The monoisotopic (exact) mass is 442 g/mol. The zero-order valence-electron chi connectivity index (χ0n) is 17.0. The second kappa shape index (κ2) is 9.41. The number of benzene rings is 2. The number of carbonyl (C=O) groups excluding carboxylic acids is 2. The van der Waals surface area contributed by atoms with Crippen LogP contribution in [0.15, 0.2) is 85.2 Å². The van der Waals surface area contributed by atoms with Crippen molar-refractivity contribution in [3.63, 3.8) is 0 Å². The van der Waals surface area contributed by atoms with E-state index in [0.717, 1.165) is 5.56 Å². The predicted octanol–water partition coefficient (Wildman–Crippen LogP) is 4.74. The summed E-state index contributed by atoms with van der Waals surface area (Å²) in [6.07, 6.45) is 3.42. The third-order valence-electron chi connectivity index (χ3n) is 4.87. The lowest BCUT2D eigenvalue weighted by molar-refractivity contribution is 0.0992. The number of halogens is 1. The van der Waals surface area contributed by atoms with Gasteiger partial charge in [-0.3, -0.25) is 14.6 Å². The van der Waals surface area contributed by atoms with Crippen LogP contribution in [0.4, 0.5) is 5.69 Å². The molecule has 0 fully saturated rings. The maximum atomic E-state index is 13.1. The van der Waals surface area contributed by atoms with Crippen molar-refractivity contribution in [3.05, 3.63) is 113 Å². The van der Waals surface area contributed by atoms with E-state index in [0.29, 0.717) is 34.0 Å². The van der Waals surface area contributed by atoms with Gasteiger partial charge in [-0.15, -0.1) is 0 Å². The van der Waals surface area contributed by atoms with Gasteiger partial charge in [-0.1, -0.05) is 48.0 Å². The summed E-state index contributed by atoms with van der Waals surface area (Å²) in [5.74, 6) is -1.00. The molecule has 0 atom stereocenters. The van der Waals surface area contributed by atoms with E-state index < -0.39 is 11.8 Å². The number of primary amides is 1. The Morgan fingerprint density at radius 1 is 0.938 bits per heavy atom. The zero-order valence-corrected chi connectivity index (χ0v) is 17.7. The van der Waals surface area contributed by atoms with Gasteiger partial charge in [0.15, 0.2) is 0 Å². The summed E-state index contributed by atoms with van der Waals surface area (Å²) in [5, 5.41) is 3.39. The Balaban J connectivity index is 1.65. The SMILES string of the molecule is NC(=O)c1cnc(C(=O)Nc2ccc(Cl)c(-c3ccccn3)c2)c(Cc2ccccc2)c1. The van der Waals surface area contributed by atoms with Crippen LogP contribution in [-0.4, -0.2) is 21.8 Å². The van der Waals surface area contributed by atoms with Gasteiger partial charge in [0.05, 0.1) is 16.3 Å². The van der Waals surface area contributed by atoms with E-state index in [1.807, 2.05) is 48.5 Å². The van der Waals surface area contributed by atoms with Crippen molar-refractivity contribution < 1.29 is 9.59 Å². The van der Waals surface area contributed by atoms with Crippen molar-refractivity contribution in [2.45, 2.75) is 6.42 Å². The van der Waals surface area contributed by atoms with Crippen LogP contribution in [0.1, 0.15) is 32.0 Å². The summed E-state index contributed by atoms with van der Waals surface area (Å²) < 4.78 is 0. The normalized spacial score (nSPS) is 10.5. The second-order valence-corrected chi connectivity index (χ2v) is 7.53. The summed E-state index contributed by atoms with van der Waals surface area (Å²) in [6.45, 7) is 0. The molecule has 0 spiro atoms. The van der Waals surface area contributed by atoms with Crippen molar-refractivity contribution in [2.75, 3.05) is 5.32 Å². The molecule has 2 amide bonds. The van der Waals surface area contributed by atoms with Crippen molar-refractivity contribution >= 4 is 29.1 Å². The van der Waals surface area contributed by atoms with Gasteiger partial charge in [0, 0.05) is 23.6 Å². The lowest BCUT2D eigenvalue weighted by atomic mass is 10.0. The predicted molar refractivity (Wildman–Crippen MR) is 125 cm³/mol. The van der Waals surface area contributed by atoms with E-state index >= 15 is 0 Å². The van der Waals surface area contributed by atoms with Crippen LogP contribution in [-0.2, 0) is 6.42 Å². The van der Waals surface area contributed by atoms with Crippen molar-refractivity contribution in [1.29, 1.82) is 0 Å². The van der Waals surface area contributed by atoms with E-state index in [1.165, 1.54) is 6.20 Å². The number of anilines is 1. The molecule has 158 valence electrons. The molecular weight excluding hydrogens is 424 g/mol. The first-order valence-corrected chi connectivity index (χ1v) is 10.2. The molecule has 2 heterocycles. The summed E-state index contributed by atoms with van der Waals surface area (Å²) in [5.41, 5.74) is 9.40. The summed E-state index contributed by atoms with van der Waals surface area (Å²) in [7, 11) is 0. The van der Waals surface area contributed by atoms with Gasteiger partial charge < -0.3 is 11.1 Å². The number of hydrogen-bond acceptors (Lipinski definition) is 4. The maximum Gasteiger partial charge on any atom is 0.274 e. The molecule has 6 nitrogen and oxygen atoms in total. The average molecular weight is 443 g/mol. The zero-order chi connectivity index (χ0) is 22.5. The minimum absolute atomic E-state index is 0.216. The maximum absolute atomic E-state index is 13.1. The highest BCUT2D eigenvalue weighted by molar-refractivity contribution is 6.33. The van der Waals surface area contributed by atoms with Crippen LogP contribution in [0.5, 0.6) is 0 Å².